The first kappa shape index (κ1) is 11.4. The van der Waals surface area contributed by atoms with Crippen molar-refractivity contribution in [2.75, 3.05) is 19.6 Å². The minimum absolute atomic E-state index is 0.435. The molecule has 0 bridgehead atoms. The van der Waals surface area contributed by atoms with Crippen molar-refractivity contribution in [2.24, 2.45) is 5.41 Å². The molecule has 1 saturated heterocycles. The van der Waals surface area contributed by atoms with Crippen LogP contribution in [-0.4, -0.2) is 35.2 Å². The van der Waals surface area contributed by atoms with E-state index in [-0.39, 0.29) is 0 Å². The van der Waals surface area contributed by atoms with Gasteiger partial charge in [0.15, 0.2) is 0 Å². The summed E-state index contributed by atoms with van der Waals surface area (Å²) in [7, 11) is 0. The van der Waals surface area contributed by atoms with Gasteiger partial charge in [-0.2, -0.15) is 0 Å². The normalized spacial score (nSPS) is 25.8. The SMILES string of the molecule is CCC(O)(CC)CN1CCC2(CCC2)C1. The molecule has 2 fully saturated rings. The van der Waals surface area contributed by atoms with Gasteiger partial charge in [0.25, 0.3) is 0 Å². The average molecular weight is 211 g/mol. The van der Waals surface area contributed by atoms with Crippen molar-refractivity contribution in [3.8, 4) is 0 Å². The lowest BCUT2D eigenvalue weighted by Gasteiger charge is -2.39. The van der Waals surface area contributed by atoms with Crippen LogP contribution < -0.4 is 0 Å². The predicted octanol–water partition coefficient (Wildman–Crippen LogP) is 2.41. The fourth-order valence-corrected chi connectivity index (χ4v) is 3.14. The summed E-state index contributed by atoms with van der Waals surface area (Å²) in [5.74, 6) is 0. The summed E-state index contributed by atoms with van der Waals surface area (Å²) in [5, 5.41) is 10.3. The van der Waals surface area contributed by atoms with E-state index in [9.17, 15) is 5.11 Å². The van der Waals surface area contributed by atoms with Crippen LogP contribution in [0, 0.1) is 5.41 Å². The van der Waals surface area contributed by atoms with Gasteiger partial charge >= 0.3 is 0 Å². The number of aliphatic hydroxyl groups is 1. The second-order valence-electron chi connectivity index (χ2n) is 5.75. The molecule has 2 rings (SSSR count). The summed E-state index contributed by atoms with van der Waals surface area (Å²) < 4.78 is 0. The molecular formula is C13H25NO. The summed E-state index contributed by atoms with van der Waals surface area (Å²) >= 11 is 0. The molecule has 2 aliphatic rings. The lowest BCUT2D eigenvalue weighted by atomic mass is 9.68. The van der Waals surface area contributed by atoms with Gasteiger partial charge in [-0.25, -0.2) is 0 Å². The van der Waals surface area contributed by atoms with Crippen LogP contribution in [0.2, 0.25) is 0 Å². The molecule has 1 spiro atoms. The van der Waals surface area contributed by atoms with Crippen molar-refractivity contribution in [1.29, 1.82) is 0 Å². The van der Waals surface area contributed by atoms with Crippen molar-refractivity contribution < 1.29 is 5.11 Å². The van der Waals surface area contributed by atoms with Gasteiger partial charge in [-0.15, -0.1) is 0 Å². The molecule has 1 N–H and O–H groups in total. The van der Waals surface area contributed by atoms with Crippen LogP contribution >= 0.6 is 0 Å². The first-order chi connectivity index (χ1) is 7.11. The number of β-amino-alcohol motifs (C(OH)–C–C–N with tert-alkyl or cyclic N) is 1. The number of hydrogen-bond donors (Lipinski definition) is 1. The summed E-state index contributed by atoms with van der Waals surface area (Å²) in [6.45, 7) is 7.54. The zero-order chi connectivity index (χ0) is 10.9. The van der Waals surface area contributed by atoms with E-state index >= 15 is 0 Å². The first-order valence-electron chi connectivity index (χ1n) is 6.56. The topological polar surface area (TPSA) is 23.5 Å². The van der Waals surface area contributed by atoms with E-state index in [1.807, 2.05) is 0 Å². The molecule has 2 heteroatoms. The van der Waals surface area contributed by atoms with Crippen LogP contribution in [0.25, 0.3) is 0 Å². The summed E-state index contributed by atoms with van der Waals surface area (Å²) in [5.41, 5.74) is 0.234. The molecule has 0 radical (unpaired) electrons. The van der Waals surface area contributed by atoms with Gasteiger partial charge in [0.05, 0.1) is 5.60 Å². The van der Waals surface area contributed by atoms with Crippen LogP contribution in [0.1, 0.15) is 52.4 Å². The number of nitrogens with zero attached hydrogens (tertiary/aromatic N) is 1. The zero-order valence-corrected chi connectivity index (χ0v) is 10.3. The van der Waals surface area contributed by atoms with Gasteiger partial charge in [0.1, 0.15) is 0 Å². The maximum atomic E-state index is 10.3. The Bertz CT molecular complexity index is 219. The van der Waals surface area contributed by atoms with Gasteiger partial charge in [0, 0.05) is 13.1 Å². The highest BCUT2D eigenvalue weighted by molar-refractivity contribution is 4.97. The minimum Gasteiger partial charge on any atom is -0.389 e. The molecule has 1 aliphatic carbocycles. The fourth-order valence-electron chi connectivity index (χ4n) is 3.14. The van der Waals surface area contributed by atoms with Crippen LogP contribution in [0.5, 0.6) is 0 Å². The van der Waals surface area contributed by atoms with E-state index in [4.69, 9.17) is 0 Å². The Labute approximate surface area is 93.7 Å². The molecule has 2 nitrogen and oxygen atoms in total. The maximum Gasteiger partial charge on any atom is 0.0768 e. The Morgan fingerprint density at radius 2 is 1.87 bits per heavy atom. The molecule has 0 amide bonds. The van der Waals surface area contributed by atoms with Crippen LogP contribution in [-0.2, 0) is 0 Å². The molecule has 0 atom stereocenters. The molecule has 0 unspecified atom stereocenters. The lowest BCUT2D eigenvalue weighted by Crippen LogP contribution is -2.43. The quantitative estimate of drug-likeness (QED) is 0.772. The number of hydrogen-bond acceptors (Lipinski definition) is 2. The molecular weight excluding hydrogens is 186 g/mol. The monoisotopic (exact) mass is 211 g/mol. The van der Waals surface area contributed by atoms with Gasteiger partial charge < -0.3 is 5.11 Å². The third-order valence-electron chi connectivity index (χ3n) is 4.77. The standard InChI is InChI=1S/C13H25NO/c1-3-13(15,4-2)11-14-9-8-12(10-14)6-5-7-12/h15H,3-11H2,1-2H3. The van der Waals surface area contributed by atoms with Gasteiger partial charge in [-0.1, -0.05) is 20.3 Å². The van der Waals surface area contributed by atoms with Crippen molar-refractivity contribution >= 4 is 0 Å². The van der Waals surface area contributed by atoms with Crippen LogP contribution in [0.15, 0.2) is 0 Å². The molecule has 0 aromatic heterocycles. The highest BCUT2D eigenvalue weighted by atomic mass is 16.3. The second-order valence-corrected chi connectivity index (χ2v) is 5.75. The number of rotatable bonds is 4. The van der Waals surface area contributed by atoms with Crippen molar-refractivity contribution in [1.82, 2.24) is 4.90 Å². The van der Waals surface area contributed by atoms with Crippen molar-refractivity contribution in [3.63, 3.8) is 0 Å². The molecule has 0 aromatic rings. The average Bonchev–Trinajstić information content (AvgIpc) is 2.61. The Balaban J connectivity index is 1.86. The zero-order valence-electron chi connectivity index (χ0n) is 10.3. The highest BCUT2D eigenvalue weighted by Crippen LogP contribution is 2.48. The second kappa shape index (κ2) is 4.06. The Hall–Kier alpha value is -0.0800. The molecule has 1 saturated carbocycles. The smallest absolute Gasteiger partial charge is 0.0768 e. The molecule has 88 valence electrons. The molecule has 0 aromatic carbocycles. The van der Waals surface area contributed by atoms with Gasteiger partial charge in [-0.3, -0.25) is 4.90 Å². The van der Waals surface area contributed by atoms with Crippen molar-refractivity contribution in [3.05, 3.63) is 0 Å². The van der Waals surface area contributed by atoms with E-state index in [1.165, 1.54) is 38.8 Å². The van der Waals surface area contributed by atoms with Crippen LogP contribution in [0.3, 0.4) is 0 Å². The third kappa shape index (κ3) is 2.21. The van der Waals surface area contributed by atoms with E-state index in [0.717, 1.165) is 19.4 Å². The summed E-state index contributed by atoms with van der Waals surface area (Å²) in [6.07, 6.45) is 7.43. The van der Waals surface area contributed by atoms with E-state index in [1.54, 1.807) is 0 Å². The Morgan fingerprint density at radius 3 is 2.27 bits per heavy atom. The largest absolute Gasteiger partial charge is 0.389 e. The highest BCUT2D eigenvalue weighted by Gasteiger charge is 2.43. The van der Waals surface area contributed by atoms with E-state index < -0.39 is 5.60 Å². The Morgan fingerprint density at radius 1 is 1.20 bits per heavy atom. The van der Waals surface area contributed by atoms with Crippen LogP contribution in [0.4, 0.5) is 0 Å². The number of likely N-dealkylation sites (tertiary alicyclic amines) is 1. The Kier molecular flexibility index (Phi) is 3.09. The van der Waals surface area contributed by atoms with Crippen molar-refractivity contribution in [2.45, 2.75) is 58.0 Å². The fraction of sp³-hybridized carbons (Fsp3) is 1.00. The van der Waals surface area contributed by atoms with Gasteiger partial charge in [0.2, 0.25) is 0 Å². The maximum absolute atomic E-state index is 10.3. The lowest BCUT2D eigenvalue weighted by molar-refractivity contribution is -0.00293. The first-order valence-corrected chi connectivity index (χ1v) is 6.56. The summed E-state index contributed by atoms with van der Waals surface area (Å²) in [4.78, 5) is 2.49. The molecule has 15 heavy (non-hydrogen) atoms. The van der Waals surface area contributed by atoms with E-state index in [2.05, 4.69) is 18.7 Å². The third-order valence-corrected chi connectivity index (χ3v) is 4.77. The molecule has 1 heterocycles. The minimum atomic E-state index is -0.435. The van der Waals surface area contributed by atoms with E-state index in [0.29, 0.717) is 5.41 Å². The van der Waals surface area contributed by atoms with Gasteiger partial charge in [-0.05, 0) is 44.1 Å². The molecule has 1 aliphatic heterocycles. The predicted molar refractivity (Wildman–Crippen MR) is 62.9 cm³/mol. The summed E-state index contributed by atoms with van der Waals surface area (Å²) in [6, 6.07) is 0.